The van der Waals surface area contributed by atoms with E-state index in [1.54, 1.807) is 0 Å². The van der Waals surface area contributed by atoms with Gasteiger partial charge in [0.05, 0.1) is 27.8 Å². The first-order valence-electron chi connectivity index (χ1n) is 17.8. The maximum Gasteiger partial charge on any atom is 0.138 e. The summed E-state index contributed by atoms with van der Waals surface area (Å²) in [7, 11) is 0. The third kappa shape index (κ3) is 4.93. The van der Waals surface area contributed by atoms with Crippen LogP contribution in [0.1, 0.15) is 19.0 Å². The Kier molecular flexibility index (Phi) is 6.85. The summed E-state index contributed by atoms with van der Waals surface area (Å²) in [5, 5.41) is 4.95. The molecule has 3 heterocycles. The second-order valence-corrected chi connectivity index (χ2v) is 13.7. The number of para-hydroxylation sites is 3. The Labute approximate surface area is 297 Å². The molecule has 1 aliphatic carbocycles. The van der Waals surface area contributed by atoms with Crippen molar-refractivity contribution in [2.45, 2.75) is 13.3 Å². The number of pyridine rings is 1. The number of fused-ring (bicyclic) bond motifs is 6. The van der Waals surface area contributed by atoms with Crippen molar-refractivity contribution in [2.75, 3.05) is 0 Å². The van der Waals surface area contributed by atoms with E-state index in [9.17, 15) is 0 Å². The van der Waals surface area contributed by atoms with E-state index in [-0.39, 0.29) is 0 Å². The fraction of sp³-hybridized carbons (Fsp3) is 0.0625. The monoisotopic (exact) mass is 653 g/mol. The quantitative estimate of drug-likeness (QED) is 0.181. The molecule has 1 unspecified atom stereocenters. The standard InChI is InChI=1S/C48H35N3/c1-32-20-22-34(23-21-32)43-30-37(33-12-4-2-5-13-33)31-48(49-43)51-45-19-11-9-17-40(45)42-29-36(25-27-47(42)51)35-24-26-46-41(28-35)39-16-8-10-18-44(39)50(46)38-14-6-3-7-15-38/h2-20,22-32H,21H2,1H3. The lowest BCUT2D eigenvalue weighted by atomic mass is 9.95. The largest absolute Gasteiger partial charge is 0.309 e. The molecule has 3 aromatic heterocycles. The first kappa shape index (κ1) is 29.5. The molecule has 0 amide bonds. The highest BCUT2D eigenvalue weighted by Gasteiger charge is 2.18. The molecule has 3 heteroatoms. The smallest absolute Gasteiger partial charge is 0.138 e. The molecule has 3 nitrogen and oxygen atoms in total. The van der Waals surface area contributed by atoms with Gasteiger partial charge in [0.15, 0.2) is 0 Å². The Balaban J connectivity index is 1.16. The molecular weight excluding hydrogens is 619 g/mol. The molecular formula is C48H35N3. The highest BCUT2D eigenvalue weighted by atomic mass is 15.1. The van der Waals surface area contributed by atoms with Crippen LogP contribution in [0, 0.1) is 5.92 Å². The Morgan fingerprint density at radius 1 is 0.490 bits per heavy atom. The van der Waals surface area contributed by atoms with Crippen molar-refractivity contribution in [3.05, 3.63) is 182 Å². The number of benzene rings is 6. The van der Waals surface area contributed by atoms with Crippen LogP contribution in [-0.4, -0.2) is 14.1 Å². The maximum absolute atomic E-state index is 5.36. The van der Waals surface area contributed by atoms with Gasteiger partial charge in [0.25, 0.3) is 0 Å². The van der Waals surface area contributed by atoms with Crippen LogP contribution in [0.15, 0.2) is 176 Å². The number of nitrogens with zero attached hydrogens (tertiary/aromatic N) is 3. The van der Waals surface area contributed by atoms with Gasteiger partial charge in [0.2, 0.25) is 0 Å². The summed E-state index contributed by atoms with van der Waals surface area (Å²) in [4.78, 5) is 5.36. The van der Waals surface area contributed by atoms with E-state index in [0.29, 0.717) is 5.92 Å². The zero-order valence-electron chi connectivity index (χ0n) is 28.4. The van der Waals surface area contributed by atoms with Crippen molar-refractivity contribution >= 4 is 49.2 Å². The molecule has 0 aliphatic heterocycles. The number of rotatable bonds is 5. The lowest BCUT2D eigenvalue weighted by Crippen LogP contribution is -2.03. The minimum absolute atomic E-state index is 0.542. The third-order valence-corrected chi connectivity index (χ3v) is 10.5. The van der Waals surface area contributed by atoms with Gasteiger partial charge in [-0.05, 0) is 101 Å². The molecule has 0 bridgehead atoms. The zero-order valence-corrected chi connectivity index (χ0v) is 28.4. The number of aromatic nitrogens is 3. The average Bonchev–Trinajstić information content (AvgIpc) is 3.71. The van der Waals surface area contributed by atoms with Gasteiger partial charge in [-0.25, -0.2) is 4.98 Å². The summed E-state index contributed by atoms with van der Waals surface area (Å²) in [6.07, 6.45) is 7.89. The summed E-state index contributed by atoms with van der Waals surface area (Å²) in [5.41, 5.74) is 12.8. The average molecular weight is 654 g/mol. The van der Waals surface area contributed by atoms with Crippen LogP contribution in [0.4, 0.5) is 0 Å². The van der Waals surface area contributed by atoms with Crippen molar-refractivity contribution in [1.82, 2.24) is 14.1 Å². The van der Waals surface area contributed by atoms with Gasteiger partial charge in [0, 0.05) is 27.2 Å². The van der Waals surface area contributed by atoms with Gasteiger partial charge < -0.3 is 4.57 Å². The molecule has 0 radical (unpaired) electrons. The van der Waals surface area contributed by atoms with Gasteiger partial charge in [-0.1, -0.05) is 122 Å². The summed E-state index contributed by atoms with van der Waals surface area (Å²) < 4.78 is 4.71. The first-order valence-corrected chi connectivity index (χ1v) is 17.8. The zero-order chi connectivity index (χ0) is 33.9. The fourth-order valence-corrected chi connectivity index (χ4v) is 7.90. The van der Waals surface area contributed by atoms with Crippen LogP contribution < -0.4 is 0 Å². The lowest BCUT2D eigenvalue weighted by Gasteiger charge is -2.16. The predicted molar refractivity (Wildman–Crippen MR) is 215 cm³/mol. The summed E-state index contributed by atoms with van der Waals surface area (Å²) in [6.45, 7) is 2.26. The maximum atomic E-state index is 5.36. The minimum atomic E-state index is 0.542. The van der Waals surface area contributed by atoms with Gasteiger partial charge in [-0.3, -0.25) is 4.57 Å². The second-order valence-electron chi connectivity index (χ2n) is 13.7. The van der Waals surface area contributed by atoms with Crippen LogP contribution in [0.3, 0.4) is 0 Å². The van der Waals surface area contributed by atoms with E-state index in [1.807, 2.05) is 0 Å². The summed E-state index contributed by atoms with van der Waals surface area (Å²) in [5.74, 6) is 1.47. The Bertz CT molecular complexity index is 2830. The van der Waals surface area contributed by atoms with Crippen LogP contribution in [-0.2, 0) is 0 Å². The number of hydrogen-bond acceptors (Lipinski definition) is 1. The number of hydrogen-bond donors (Lipinski definition) is 0. The minimum Gasteiger partial charge on any atom is -0.309 e. The molecule has 1 aliphatic rings. The normalized spacial score (nSPS) is 14.5. The van der Waals surface area contributed by atoms with E-state index < -0.39 is 0 Å². The lowest BCUT2D eigenvalue weighted by molar-refractivity contribution is 0.738. The van der Waals surface area contributed by atoms with Crippen molar-refractivity contribution < 1.29 is 0 Å². The molecule has 0 fully saturated rings. The van der Waals surface area contributed by atoms with Gasteiger partial charge in [-0.2, -0.15) is 0 Å². The van der Waals surface area contributed by atoms with Crippen LogP contribution >= 0.6 is 0 Å². The Morgan fingerprint density at radius 2 is 1.06 bits per heavy atom. The molecule has 9 aromatic rings. The van der Waals surface area contributed by atoms with Gasteiger partial charge in [-0.15, -0.1) is 0 Å². The van der Waals surface area contributed by atoms with Crippen LogP contribution in [0.2, 0.25) is 0 Å². The molecule has 51 heavy (non-hydrogen) atoms. The molecule has 242 valence electrons. The molecule has 0 saturated heterocycles. The van der Waals surface area contributed by atoms with Crippen molar-refractivity contribution in [3.63, 3.8) is 0 Å². The first-order chi connectivity index (χ1) is 25.2. The molecule has 0 saturated carbocycles. The summed E-state index contributed by atoms with van der Waals surface area (Å²) in [6, 6.07) is 57.0. The number of allylic oxidation sites excluding steroid dienone is 4. The Morgan fingerprint density at radius 3 is 1.71 bits per heavy atom. The second kappa shape index (κ2) is 11.9. The van der Waals surface area contributed by atoms with Crippen molar-refractivity contribution in [3.8, 4) is 33.8 Å². The highest BCUT2D eigenvalue weighted by Crippen LogP contribution is 2.39. The van der Waals surface area contributed by atoms with E-state index in [2.05, 4.69) is 192 Å². The van der Waals surface area contributed by atoms with E-state index >= 15 is 0 Å². The topological polar surface area (TPSA) is 22.8 Å². The van der Waals surface area contributed by atoms with Crippen LogP contribution in [0.25, 0.3) is 82.9 Å². The molecule has 0 N–H and O–H groups in total. The van der Waals surface area contributed by atoms with Gasteiger partial charge >= 0.3 is 0 Å². The van der Waals surface area contributed by atoms with E-state index in [4.69, 9.17) is 4.98 Å². The molecule has 6 aromatic carbocycles. The summed E-state index contributed by atoms with van der Waals surface area (Å²) >= 11 is 0. The molecule has 1 atom stereocenters. The molecule has 10 rings (SSSR count). The van der Waals surface area contributed by atoms with Crippen LogP contribution in [0.5, 0.6) is 0 Å². The highest BCUT2D eigenvalue weighted by molar-refractivity contribution is 6.12. The van der Waals surface area contributed by atoms with Crippen molar-refractivity contribution in [1.29, 1.82) is 0 Å². The third-order valence-electron chi connectivity index (χ3n) is 10.5. The van der Waals surface area contributed by atoms with Crippen molar-refractivity contribution in [2.24, 2.45) is 5.92 Å². The van der Waals surface area contributed by atoms with E-state index in [0.717, 1.165) is 34.5 Å². The fourth-order valence-electron chi connectivity index (χ4n) is 7.90. The van der Waals surface area contributed by atoms with E-state index in [1.165, 1.54) is 60.5 Å². The van der Waals surface area contributed by atoms with Gasteiger partial charge in [0.1, 0.15) is 5.82 Å². The Hall–Kier alpha value is -6.45. The molecule has 0 spiro atoms. The SMILES string of the molecule is CC1C=CC(c2cc(-c3ccccc3)cc(-n3c4ccccc4c4cc(-c5ccc6c(c5)c5ccccc5n6-c5ccccc5)ccc43)n2)=CC1. The predicted octanol–water partition coefficient (Wildman–Crippen LogP) is 12.6.